The molecule has 40 heavy (non-hydrogen) atoms. The first-order chi connectivity index (χ1) is 18.3. The minimum absolute atomic E-state index is 0.00925. The number of sulfonamides is 1. The van der Waals surface area contributed by atoms with Crippen LogP contribution in [0, 0.1) is 13.8 Å². The Labute approximate surface area is 226 Å². The second-order valence-electron chi connectivity index (χ2n) is 9.49. The van der Waals surface area contributed by atoms with Crippen LogP contribution in [-0.4, -0.2) is 67.6 Å². The minimum Gasteiger partial charge on any atom is -0.484 e. The van der Waals surface area contributed by atoms with Gasteiger partial charge in [-0.15, -0.1) is 0 Å². The Hall–Kier alpha value is -3.63. The Morgan fingerprint density at radius 1 is 1.23 bits per heavy atom. The molecule has 0 saturated carbocycles. The number of aryl methyl sites for hydroxylation is 1. The molecule has 1 aromatic heterocycles. The highest BCUT2D eigenvalue weighted by Gasteiger charge is 2.51. The van der Waals surface area contributed by atoms with Crippen molar-refractivity contribution in [2.75, 3.05) is 22.7 Å². The Kier molecular flexibility index (Phi) is 8.57. The van der Waals surface area contributed by atoms with Gasteiger partial charge in [-0.1, -0.05) is 0 Å². The number of anilines is 2. The van der Waals surface area contributed by atoms with Crippen LogP contribution in [0.4, 0.5) is 38.1 Å². The molecule has 3 rings (SSSR count). The van der Waals surface area contributed by atoms with Crippen LogP contribution < -0.4 is 19.7 Å². The summed E-state index contributed by atoms with van der Waals surface area (Å²) in [6.45, 7) is 3.98. The van der Waals surface area contributed by atoms with Crippen LogP contribution >= 0.6 is 0 Å². The Morgan fingerprint density at radius 3 is 2.45 bits per heavy atom. The normalized spacial score (nSPS) is 15.9. The van der Waals surface area contributed by atoms with Crippen LogP contribution in [-0.2, 0) is 26.1 Å². The Morgan fingerprint density at radius 2 is 1.88 bits per heavy atom. The number of alkyl halides is 5. The van der Waals surface area contributed by atoms with Gasteiger partial charge in [-0.25, -0.2) is 22.0 Å². The van der Waals surface area contributed by atoms with E-state index in [9.17, 15) is 40.0 Å². The molecule has 0 aliphatic carbocycles. The highest BCUT2D eigenvalue weighted by molar-refractivity contribution is 7.93. The molecule has 2 N–H and O–H groups in total. The molecule has 0 spiro atoms. The maximum absolute atomic E-state index is 13.9. The molecule has 1 aliphatic heterocycles. The molecule has 2 amide bonds. The Bertz CT molecular complexity index is 1390. The van der Waals surface area contributed by atoms with Gasteiger partial charge in [-0.2, -0.15) is 18.3 Å². The average Bonchev–Trinajstić information content (AvgIpc) is 3.08. The summed E-state index contributed by atoms with van der Waals surface area (Å²) in [5, 5.41) is 8.60. The van der Waals surface area contributed by atoms with Crippen LogP contribution in [0.1, 0.15) is 32.2 Å². The molecule has 0 bridgehead atoms. The SMILES string of the molecule is CC(=O)NC[C@H]1CN(S(=O)(=O)c2c(C)nn(CC(F)F)c2C)c2cc(NC(=O)OC(C)(C)C(F)(F)F)ccc2O1. The lowest BCUT2D eigenvalue weighted by Gasteiger charge is -2.36. The number of carbonyl (C=O) groups excluding carboxylic acids is 2. The fourth-order valence-corrected chi connectivity index (χ4v) is 5.76. The van der Waals surface area contributed by atoms with E-state index in [4.69, 9.17) is 4.74 Å². The summed E-state index contributed by atoms with van der Waals surface area (Å²) in [4.78, 5) is 23.3. The van der Waals surface area contributed by atoms with E-state index < -0.39 is 52.9 Å². The summed E-state index contributed by atoms with van der Waals surface area (Å²) in [7, 11) is -4.50. The number of rotatable bonds is 8. The predicted octanol–water partition coefficient (Wildman–Crippen LogP) is 3.75. The lowest BCUT2D eigenvalue weighted by Crippen LogP contribution is -2.48. The molecule has 2 aromatic rings. The van der Waals surface area contributed by atoms with E-state index >= 15 is 0 Å². The van der Waals surface area contributed by atoms with Crippen LogP contribution in [0.25, 0.3) is 0 Å². The number of amides is 2. The van der Waals surface area contributed by atoms with Crippen molar-refractivity contribution in [2.45, 2.75) is 70.4 Å². The van der Waals surface area contributed by atoms with E-state index in [0.29, 0.717) is 13.8 Å². The van der Waals surface area contributed by atoms with Gasteiger partial charge in [0.1, 0.15) is 23.3 Å². The smallest absolute Gasteiger partial charge is 0.427 e. The zero-order valence-electron chi connectivity index (χ0n) is 22.1. The second kappa shape index (κ2) is 11.1. The number of fused-ring (bicyclic) bond motifs is 1. The predicted molar refractivity (Wildman–Crippen MR) is 132 cm³/mol. The molecule has 1 aromatic carbocycles. The van der Waals surface area contributed by atoms with Crippen molar-refractivity contribution in [3.8, 4) is 5.75 Å². The molecule has 17 heteroatoms. The maximum Gasteiger partial charge on any atom is 0.427 e. The highest BCUT2D eigenvalue weighted by Crippen LogP contribution is 2.40. The van der Waals surface area contributed by atoms with Crippen LogP contribution in [0.5, 0.6) is 5.75 Å². The van der Waals surface area contributed by atoms with Crippen molar-refractivity contribution in [3.63, 3.8) is 0 Å². The summed E-state index contributed by atoms with van der Waals surface area (Å²) >= 11 is 0. The molecule has 0 radical (unpaired) electrons. The van der Waals surface area contributed by atoms with Gasteiger partial charge in [0.15, 0.2) is 0 Å². The number of aromatic nitrogens is 2. The van der Waals surface area contributed by atoms with E-state index in [1.807, 2.05) is 0 Å². The first-order valence-corrected chi connectivity index (χ1v) is 13.2. The molecule has 0 saturated heterocycles. The van der Waals surface area contributed by atoms with Crippen molar-refractivity contribution < 1.29 is 49.4 Å². The van der Waals surface area contributed by atoms with Gasteiger partial charge in [0, 0.05) is 12.6 Å². The fraction of sp³-hybridized carbons (Fsp3) is 0.522. The van der Waals surface area contributed by atoms with Gasteiger partial charge in [0.25, 0.3) is 16.4 Å². The molecule has 11 nitrogen and oxygen atoms in total. The van der Waals surface area contributed by atoms with Crippen molar-refractivity contribution in [2.24, 2.45) is 0 Å². The molecular formula is C23H28F5N5O6S. The van der Waals surface area contributed by atoms with E-state index in [1.54, 1.807) is 0 Å². The van der Waals surface area contributed by atoms with E-state index in [-0.39, 0.29) is 46.5 Å². The summed E-state index contributed by atoms with van der Waals surface area (Å²) in [5.41, 5.74) is -3.12. The third-order valence-electron chi connectivity index (χ3n) is 5.92. The molecular weight excluding hydrogens is 569 g/mol. The second-order valence-corrected chi connectivity index (χ2v) is 11.3. The molecule has 1 aliphatic rings. The summed E-state index contributed by atoms with van der Waals surface area (Å²) in [6, 6.07) is 3.68. The van der Waals surface area contributed by atoms with Crippen molar-refractivity contribution >= 4 is 33.4 Å². The lowest BCUT2D eigenvalue weighted by molar-refractivity contribution is -0.242. The summed E-state index contributed by atoms with van der Waals surface area (Å²) in [6.07, 6.45) is -9.97. The summed E-state index contributed by atoms with van der Waals surface area (Å²) < 4.78 is 105. The van der Waals surface area contributed by atoms with Gasteiger partial charge >= 0.3 is 12.3 Å². The van der Waals surface area contributed by atoms with Crippen molar-refractivity contribution in [1.82, 2.24) is 15.1 Å². The van der Waals surface area contributed by atoms with Crippen LogP contribution in [0.3, 0.4) is 0 Å². The van der Waals surface area contributed by atoms with Crippen molar-refractivity contribution in [3.05, 3.63) is 29.6 Å². The number of carbonyl (C=O) groups is 2. The standard InChI is InChI=1S/C23H28F5N5O6S/c1-12-20(13(2)32(31-12)11-19(24)25)40(36,37)33-10-16(9-29-14(3)34)38-18-7-6-15(8-17(18)33)30-21(35)39-22(4,5)23(26,27)28/h6-8,16,19H,9-11H2,1-5H3,(H,29,34)(H,30,35)/t16-/m0/s1. The maximum atomic E-state index is 13.9. The minimum atomic E-state index is -4.85. The van der Waals surface area contributed by atoms with Gasteiger partial charge < -0.3 is 14.8 Å². The van der Waals surface area contributed by atoms with E-state index in [1.165, 1.54) is 32.9 Å². The zero-order valence-corrected chi connectivity index (χ0v) is 22.9. The van der Waals surface area contributed by atoms with Crippen LogP contribution in [0.2, 0.25) is 0 Å². The van der Waals surface area contributed by atoms with E-state index in [0.717, 1.165) is 15.1 Å². The molecule has 2 heterocycles. The van der Waals surface area contributed by atoms with Gasteiger partial charge in [-0.3, -0.25) is 19.1 Å². The van der Waals surface area contributed by atoms with Crippen molar-refractivity contribution in [1.29, 1.82) is 0 Å². The quantitative estimate of drug-likeness (QED) is 0.443. The summed E-state index contributed by atoms with van der Waals surface area (Å²) in [5.74, 6) is -0.390. The number of hydrogen-bond donors (Lipinski definition) is 2. The van der Waals surface area contributed by atoms with Gasteiger partial charge in [0.2, 0.25) is 11.5 Å². The molecule has 0 fully saturated rings. The number of halogens is 5. The van der Waals surface area contributed by atoms with Gasteiger partial charge in [-0.05, 0) is 45.9 Å². The third kappa shape index (κ3) is 6.56. The number of nitrogens with one attached hydrogen (secondary N) is 2. The topological polar surface area (TPSA) is 132 Å². The first-order valence-electron chi connectivity index (χ1n) is 11.8. The lowest BCUT2D eigenvalue weighted by atomic mass is 10.1. The first kappa shape index (κ1) is 30.9. The average molecular weight is 598 g/mol. The largest absolute Gasteiger partial charge is 0.484 e. The molecule has 0 unspecified atom stereocenters. The monoisotopic (exact) mass is 597 g/mol. The number of ether oxygens (including phenoxy) is 2. The van der Waals surface area contributed by atoms with Gasteiger partial charge in [0.05, 0.1) is 30.2 Å². The molecule has 1 atom stereocenters. The number of nitrogens with zero attached hydrogens (tertiary/aromatic N) is 3. The third-order valence-corrected chi connectivity index (χ3v) is 7.95. The zero-order chi connectivity index (χ0) is 30.2. The fourth-order valence-electron chi connectivity index (χ4n) is 3.89. The van der Waals surface area contributed by atoms with E-state index in [2.05, 4.69) is 20.5 Å². The molecule has 222 valence electrons. The number of benzene rings is 1. The highest BCUT2D eigenvalue weighted by atomic mass is 32.2. The number of hydrogen-bond acceptors (Lipinski definition) is 7. The Balaban J connectivity index is 2.03. The van der Waals surface area contributed by atoms with Crippen LogP contribution in [0.15, 0.2) is 23.1 Å².